The fourth-order valence-electron chi connectivity index (χ4n) is 1.71. The number of hydrogen-bond acceptors (Lipinski definition) is 2. The van der Waals surface area contributed by atoms with Crippen molar-refractivity contribution in [1.29, 1.82) is 0 Å². The lowest BCUT2D eigenvalue weighted by Crippen LogP contribution is -2.08. The molecule has 0 aromatic heterocycles. The van der Waals surface area contributed by atoms with E-state index in [0.29, 0.717) is 5.56 Å². The molecule has 0 unspecified atom stereocenters. The van der Waals surface area contributed by atoms with Gasteiger partial charge in [0.2, 0.25) is 0 Å². The summed E-state index contributed by atoms with van der Waals surface area (Å²) < 4.78 is 26.5. The van der Waals surface area contributed by atoms with E-state index < -0.39 is 11.6 Å². The maximum atomic E-state index is 13.2. The fourth-order valence-corrected chi connectivity index (χ4v) is 1.83. The Balaban J connectivity index is 2.26. The van der Waals surface area contributed by atoms with Crippen LogP contribution in [0, 0.1) is 11.6 Å². The van der Waals surface area contributed by atoms with Crippen molar-refractivity contribution < 1.29 is 13.6 Å². The molecule has 2 N–H and O–H groups in total. The van der Waals surface area contributed by atoms with Crippen molar-refractivity contribution >= 4 is 23.1 Å². The van der Waals surface area contributed by atoms with E-state index in [2.05, 4.69) is 0 Å². The van der Waals surface area contributed by atoms with Gasteiger partial charge in [-0.2, -0.15) is 0 Å². The number of anilines is 1. The topological polar surface area (TPSA) is 43.1 Å². The van der Waals surface area contributed by atoms with E-state index in [4.69, 9.17) is 17.3 Å². The molecule has 0 bridgehead atoms. The average Bonchev–Trinajstić information content (AvgIpc) is 2.37. The first kappa shape index (κ1) is 13.5. The van der Waals surface area contributed by atoms with E-state index >= 15 is 0 Å². The predicted molar refractivity (Wildman–Crippen MR) is 70.3 cm³/mol. The average molecular weight is 282 g/mol. The van der Waals surface area contributed by atoms with E-state index in [9.17, 15) is 13.6 Å². The van der Waals surface area contributed by atoms with Crippen LogP contribution in [0.1, 0.15) is 15.9 Å². The number of nitrogens with two attached hydrogens (primary N) is 1. The third-order valence-electron chi connectivity index (χ3n) is 2.70. The van der Waals surface area contributed by atoms with Gasteiger partial charge in [-0.25, -0.2) is 8.78 Å². The van der Waals surface area contributed by atoms with Crippen molar-refractivity contribution in [2.45, 2.75) is 6.42 Å². The molecular weight excluding hydrogens is 272 g/mol. The summed E-state index contributed by atoms with van der Waals surface area (Å²) in [5.74, 6) is -1.62. The van der Waals surface area contributed by atoms with Crippen molar-refractivity contribution in [2.75, 3.05) is 5.73 Å². The molecular formula is C14H10ClF2NO. The molecule has 2 aromatic carbocycles. The van der Waals surface area contributed by atoms with E-state index in [0.717, 1.165) is 0 Å². The first-order chi connectivity index (χ1) is 8.99. The van der Waals surface area contributed by atoms with Crippen LogP contribution in [0.2, 0.25) is 5.02 Å². The number of carbonyl (C=O) groups excluding carboxylic acids is 1. The quantitative estimate of drug-likeness (QED) is 0.690. The van der Waals surface area contributed by atoms with Crippen molar-refractivity contribution in [3.63, 3.8) is 0 Å². The number of para-hydroxylation sites is 1. The molecule has 0 aliphatic heterocycles. The molecule has 0 spiro atoms. The highest BCUT2D eigenvalue weighted by molar-refractivity contribution is 6.30. The maximum absolute atomic E-state index is 13.2. The zero-order valence-corrected chi connectivity index (χ0v) is 10.5. The van der Waals surface area contributed by atoms with Gasteiger partial charge in [-0.3, -0.25) is 4.79 Å². The van der Waals surface area contributed by atoms with Gasteiger partial charge in [-0.05, 0) is 29.8 Å². The zero-order chi connectivity index (χ0) is 14.0. The van der Waals surface area contributed by atoms with Crippen LogP contribution in [0.4, 0.5) is 14.5 Å². The number of hydrogen-bond donors (Lipinski definition) is 1. The normalized spacial score (nSPS) is 10.5. The molecule has 0 radical (unpaired) electrons. The number of ketones is 1. The van der Waals surface area contributed by atoms with Gasteiger partial charge in [-0.1, -0.05) is 23.7 Å². The predicted octanol–water partition coefficient (Wildman–Crippen LogP) is 3.63. The molecule has 5 heteroatoms. The van der Waals surface area contributed by atoms with Crippen molar-refractivity contribution in [2.24, 2.45) is 0 Å². The minimum absolute atomic E-state index is 0.0125. The Morgan fingerprint density at radius 2 is 1.89 bits per heavy atom. The van der Waals surface area contributed by atoms with Gasteiger partial charge in [0.25, 0.3) is 0 Å². The number of carbonyl (C=O) groups is 1. The first-order valence-electron chi connectivity index (χ1n) is 5.50. The summed E-state index contributed by atoms with van der Waals surface area (Å²) in [6.07, 6.45) is -0.0677. The Hall–Kier alpha value is -1.94. The summed E-state index contributed by atoms with van der Waals surface area (Å²) in [5, 5.41) is -0.0125. The number of halogens is 3. The monoisotopic (exact) mass is 281 g/mol. The second kappa shape index (κ2) is 5.36. The number of Topliss-reactive ketones (excluding diaryl/α,β-unsaturated/α-hetero) is 1. The highest BCUT2D eigenvalue weighted by atomic mass is 35.5. The smallest absolute Gasteiger partial charge is 0.169 e. The summed E-state index contributed by atoms with van der Waals surface area (Å²) in [4.78, 5) is 12.0. The second-order valence-corrected chi connectivity index (χ2v) is 4.46. The standard InChI is InChI=1S/C14H10ClF2NO/c15-10-5-4-8(6-12(10)17)7-13(19)9-2-1-3-11(16)14(9)18/h1-6H,7,18H2. The van der Waals surface area contributed by atoms with Crippen LogP contribution in [-0.2, 0) is 6.42 Å². The zero-order valence-electron chi connectivity index (χ0n) is 9.79. The van der Waals surface area contributed by atoms with Crippen LogP contribution >= 0.6 is 11.6 Å². The minimum atomic E-state index is -0.645. The summed E-state index contributed by atoms with van der Waals surface area (Å²) in [5.41, 5.74) is 5.85. The van der Waals surface area contributed by atoms with Crippen LogP contribution < -0.4 is 5.73 Å². The molecule has 0 fully saturated rings. The summed E-state index contributed by atoms with van der Waals surface area (Å²) >= 11 is 5.55. The Morgan fingerprint density at radius 1 is 1.16 bits per heavy atom. The van der Waals surface area contributed by atoms with Crippen molar-refractivity contribution in [1.82, 2.24) is 0 Å². The highest BCUT2D eigenvalue weighted by Gasteiger charge is 2.14. The molecule has 0 aliphatic rings. The highest BCUT2D eigenvalue weighted by Crippen LogP contribution is 2.20. The molecule has 0 aliphatic carbocycles. The van der Waals surface area contributed by atoms with Crippen LogP contribution in [-0.4, -0.2) is 5.78 Å². The molecule has 0 saturated carbocycles. The lowest BCUT2D eigenvalue weighted by atomic mass is 10.0. The second-order valence-electron chi connectivity index (χ2n) is 4.05. The molecule has 2 aromatic rings. The largest absolute Gasteiger partial charge is 0.396 e. The summed E-state index contributed by atoms with van der Waals surface area (Å²) in [7, 11) is 0. The van der Waals surface area contributed by atoms with E-state index in [1.54, 1.807) is 6.07 Å². The summed E-state index contributed by atoms with van der Waals surface area (Å²) in [6.45, 7) is 0. The van der Waals surface area contributed by atoms with Gasteiger partial charge in [0.05, 0.1) is 10.7 Å². The van der Waals surface area contributed by atoms with Crippen molar-refractivity contribution in [3.8, 4) is 0 Å². The van der Waals surface area contributed by atoms with Crippen LogP contribution in [0.5, 0.6) is 0 Å². The van der Waals surface area contributed by atoms with E-state index in [-0.39, 0.29) is 28.5 Å². The lowest BCUT2D eigenvalue weighted by molar-refractivity contribution is 0.0993. The SMILES string of the molecule is Nc1c(F)cccc1C(=O)Cc1ccc(Cl)c(F)c1. The van der Waals surface area contributed by atoms with Gasteiger partial charge in [-0.15, -0.1) is 0 Å². The van der Waals surface area contributed by atoms with Gasteiger partial charge in [0.1, 0.15) is 11.6 Å². The molecule has 0 saturated heterocycles. The fraction of sp³-hybridized carbons (Fsp3) is 0.0714. The van der Waals surface area contributed by atoms with Gasteiger partial charge >= 0.3 is 0 Å². The molecule has 2 rings (SSSR count). The Kier molecular flexibility index (Phi) is 3.81. The number of nitrogen functional groups attached to an aromatic ring is 1. The maximum Gasteiger partial charge on any atom is 0.169 e. The van der Waals surface area contributed by atoms with Crippen LogP contribution in [0.15, 0.2) is 36.4 Å². The molecule has 19 heavy (non-hydrogen) atoms. The van der Waals surface area contributed by atoms with E-state index in [1.165, 1.54) is 30.3 Å². The molecule has 98 valence electrons. The molecule has 2 nitrogen and oxygen atoms in total. The van der Waals surface area contributed by atoms with Crippen LogP contribution in [0.25, 0.3) is 0 Å². The Labute approximate surface area is 113 Å². The Bertz CT molecular complexity index is 643. The van der Waals surface area contributed by atoms with Gasteiger partial charge in [0.15, 0.2) is 5.78 Å². The molecule has 0 amide bonds. The van der Waals surface area contributed by atoms with E-state index in [1.807, 2.05) is 0 Å². The van der Waals surface area contributed by atoms with Gasteiger partial charge < -0.3 is 5.73 Å². The minimum Gasteiger partial charge on any atom is -0.396 e. The van der Waals surface area contributed by atoms with Crippen molar-refractivity contribution in [3.05, 3.63) is 64.2 Å². The first-order valence-corrected chi connectivity index (χ1v) is 5.88. The summed E-state index contributed by atoms with van der Waals surface area (Å²) in [6, 6.07) is 8.10. The third-order valence-corrected chi connectivity index (χ3v) is 3.01. The Morgan fingerprint density at radius 3 is 2.58 bits per heavy atom. The lowest BCUT2D eigenvalue weighted by Gasteiger charge is -2.06. The number of rotatable bonds is 3. The number of benzene rings is 2. The van der Waals surface area contributed by atoms with Gasteiger partial charge in [0, 0.05) is 12.0 Å². The third kappa shape index (κ3) is 2.90. The van der Waals surface area contributed by atoms with Crippen LogP contribution in [0.3, 0.4) is 0 Å². The molecule has 0 heterocycles. The molecule has 0 atom stereocenters.